The number of hydrogen-bond donors (Lipinski definition) is 1. The molecule has 0 aliphatic carbocycles. The van der Waals surface area contributed by atoms with Crippen LogP contribution < -0.4 is 0 Å². The van der Waals surface area contributed by atoms with Crippen LogP contribution in [0.5, 0.6) is 0 Å². The highest BCUT2D eigenvalue weighted by atomic mass is 32.2. The van der Waals surface area contributed by atoms with Crippen molar-refractivity contribution in [1.29, 1.82) is 0 Å². The molecule has 4 heterocycles. The molecule has 0 radical (unpaired) electrons. The van der Waals surface area contributed by atoms with Crippen LogP contribution in [-0.4, -0.2) is 47.5 Å². The third-order valence-corrected chi connectivity index (χ3v) is 5.79. The maximum absolute atomic E-state index is 12.0. The van der Waals surface area contributed by atoms with Gasteiger partial charge in [-0.15, -0.1) is 33.3 Å². The molecule has 7 nitrogen and oxygen atoms in total. The number of thiazole rings is 1. The van der Waals surface area contributed by atoms with Gasteiger partial charge < -0.3 is 0 Å². The zero-order valence-electron chi connectivity index (χ0n) is 11.7. The summed E-state index contributed by atoms with van der Waals surface area (Å²) in [6, 6.07) is 0. The first-order valence-electron chi connectivity index (χ1n) is 6.73. The molecule has 1 N–H and O–H groups in total. The van der Waals surface area contributed by atoms with Gasteiger partial charge in [0.15, 0.2) is 0 Å². The Kier molecular flexibility index (Phi) is 3.30. The van der Waals surface area contributed by atoms with Crippen molar-refractivity contribution in [1.82, 2.24) is 30.5 Å². The normalized spacial score (nSPS) is 21.4. The Bertz CT molecular complexity index is 778. The molecule has 2 aromatic rings. The summed E-state index contributed by atoms with van der Waals surface area (Å²) in [6.07, 6.45) is 4.64. The van der Waals surface area contributed by atoms with E-state index in [1.54, 1.807) is 28.0 Å². The highest BCUT2D eigenvalue weighted by Gasteiger charge is 2.44. The standard InChI is InChI=1S/C13H12N6OS2/c1-7-9(22-6-14-7)3-2-8-5-21-11-4-10(20)19(11)12(8)13-15-17-18-16-13/h2-3,6,11H,4-5H2,1H3,(H,15,16,17,18)/b3-2-/t11-/m1/s1. The number of aromatic nitrogens is 5. The summed E-state index contributed by atoms with van der Waals surface area (Å²) in [5.41, 5.74) is 4.63. The van der Waals surface area contributed by atoms with Gasteiger partial charge in [-0.3, -0.25) is 9.69 Å². The summed E-state index contributed by atoms with van der Waals surface area (Å²) in [5.74, 6) is 1.41. The van der Waals surface area contributed by atoms with Crippen molar-refractivity contribution in [2.75, 3.05) is 5.75 Å². The summed E-state index contributed by atoms with van der Waals surface area (Å²) < 4.78 is 0. The van der Waals surface area contributed by atoms with Crippen molar-refractivity contribution in [3.8, 4) is 0 Å². The van der Waals surface area contributed by atoms with Crippen LogP contribution in [-0.2, 0) is 4.79 Å². The lowest BCUT2D eigenvalue weighted by molar-refractivity contribution is -0.136. The number of aryl methyl sites for hydroxylation is 1. The summed E-state index contributed by atoms with van der Waals surface area (Å²) in [5, 5.41) is 14.4. The molecule has 1 saturated heterocycles. The van der Waals surface area contributed by atoms with Crippen molar-refractivity contribution >= 4 is 40.8 Å². The third-order valence-electron chi connectivity index (χ3n) is 3.66. The topological polar surface area (TPSA) is 87.7 Å². The summed E-state index contributed by atoms with van der Waals surface area (Å²) >= 11 is 3.36. The van der Waals surface area contributed by atoms with Gasteiger partial charge in [-0.1, -0.05) is 6.08 Å². The molecule has 0 spiro atoms. The lowest BCUT2D eigenvalue weighted by atomic mass is 10.1. The second-order valence-corrected chi connectivity index (χ2v) is 7.03. The van der Waals surface area contributed by atoms with Crippen molar-refractivity contribution in [2.24, 2.45) is 0 Å². The number of nitrogens with zero attached hydrogens (tertiary/aromatic N) is 5. The van der Waals surface area contributed by atoms with Gasteiger partial charge >= 0.3 is 0 Å². The maximum Gasteiger partial charge on any atom is 0.231 e. The number of thioether (sulfide) groups is 1. The first-order chi connectivity index (χ1) is 10.7. The second-order valence-electron chi connectivity index (χ2n) is 4.98. The molecule has 1 amide bonds. The highest BCUT2D eigenvalue weighted by molar-refractivity contribution is 8.00. The smallest absolute Gasteiger partial charge is 0.231 e. The predicted octanol–water partition coefficient (Wildman–Crippen LogP) is 1.69. The van der Waals surface area contributed by atoms with E-state index >= 15 is 0 Å². The van der Waals surface area contributed by atoms with Gasteiger partial charge in [-0.2, -0.15) is 5.21 Å². The molecule has 0 saturated carbocycles. The van der Waals surface area contributed by atoms with Crippen molar-refractivity contribution in [3.63, 3.8) is 0 Å². The van der Waals surface area contributed by atoms with E-state index in [1.807, 2.05) is 24.6 Å². The van der Waals surface area contributed by atoms with E-state index in [1.165, 1.54) is 0 Å². The molecule has 9 heteroatoms. The average Bonchev–Trinajstić information content (AvgIpc) is 3.16. The van der Waals surface area contributed by atoms with Crippen LogP contribution in [0.1, 0.15) is 22.8 Å². The first-order valence-corrected chi connectivity index (χ1v) is 8.65. The number of tetrazole rings is 1. The van der Waals surface area contributed by atoms with Crippen molar-refractivity contribution in [3.05, 3.63) is 33.6 Å². The number of aromatic amines is 1. The fourth-order valence-electron chi connectivity index (χ4n) is 2.49. The summed E-state index contributed by atoms with van der Waals surface area (Å²) in [7, 11) is 0. The Hall–Kier alpha value is -2.00. The number of nitrogens with one attached hydrogen (secondary N) is 1. The van der Waals surface area contributed by atoms with E-state index in [0.29, 0.717) is 12.2 Å². The molecule has 0 unspecified atom stereocenters. The number of fused-ring (bicyclic) bond motifs is 1. The number of amides is 1. The van der Waals surface area contributed by atoms with Gasteiger partial charge in [0.05, 0.1) is 28.7 Å². The van der Waals surface area contributed by atoms with E-state index in [0.717, 1.165) is 27.6 Å². The van der Waals surface area contributed by atoms with Crippen molar-refractivity contribution < 1.29 is 4.79 Å². The Morgan fingerprint density at radius 1 is 1.45 bits per heavy atom. The molecule has 1 fully saturated rings. The number of carbonyl (C=O) groups excluding carboxylic acids is 1. The molecule has 22 heavy (non-hydrogen) atoms. The van der Waals surface area contributed by atoms with Crippen LogP contribution in [0, 0.1) is 6.92 Å². The molecule has 2 aromatic heterocycles. The minimum absolute atomic E-state index is 0.108. The highest BCUT2D eigenvalue weighted by Crippen LogP contribution is 2.43. The largest absolute Gasteiger partial charge is 0.295 e. The molecule has 4 rings (SSSR count). The van der Waals surface area contributed by atoms with Gasteiger partial charge in [0, 0.05) is 10.6 Å². The molecule has 0 bridgehead atoms. The van der Waals surface area contributed by atoms with Gasteiger partial charge in [0.1, 0.15) is 0 Å². The van der Waals surface area contributed by atoms with E-state index < -0.39 is 0 Å². The van der Waals surface area contributed by atoms with Crippen LogP contribution >= 0.6 is 23.1 Å². The van der Waals surface area contributed by atoms with E-state index in [9.17, 15) is 4.79 Å². The maximum atomic E-state index is 12.0. The Balaban J connectivity index is 1.76. The van der Waals surface area contributed by atoms with Crippen LogP contribution in [0.3, 0.4) is 0 Å². The number of β-lactam (4-membered cyclic amide) rings is 1. The lowest BCUT2D eigenvalue weighted by Crippen LogP contribution is -2.51. The Morgan fingerprint density at radius 2 is 2.36 bits per heavy atom. The third kappa shape index (κ3) is 2.17. The molecular weight excluding hydrogens is 320 g/mol. The predicted molar refractivity (Wildman–Crippen MR) is 84.7 cm³/mol. The van der Waals surface area contributed by atoms with Gasteiger partial charge in [0.25, 0.3) is 0 Å². The number of H-pyrrole nitrogens is 1. The quantitative estimate of drug-likeness (QED) is 0.861. The zero-order chi connectivity index (χ0) is 15.1. The van der Waals surface area contributed by atoms with Crippen molar-refractivity contribution in [2.45, 2.75) is 18.7 Å². The minimum atomic E-state index is 0.108. The Morgan fingerprint density at radius 3 is 3.05 bits per heavy atom. The fraction of sp³-hybridized carbons (Fsp3) is 0.308. The van der Waals surface area contributed by atoms with Gasteiger partial charge in [0.2, 0.25) is 11.7 Å². The second kappa shape index (κ2) is 5.33. The number of carbonyl (C=O) groups is 1. The van der Waals surface area contributed by atoms with Crippen LogP contribution in [0.4, 0.5) is 0 Å². The zero-order valence-corrected chi connectivity index (χ0v) is 13.3. The van der Waals surface area contributed by atoms with Crippen LogP contribution in [0.15, 0.2) is 17.2 Å². The fourth-order valence-corrected chi connectivity index (χ4v) is 4.42. The molecule has 2 aliphatic rings. The van der Waals surface area contributed by atoms with Gasteiger partial charge in [-0.25, -0.2) is 4.98 Å². The van der Waals surface area contributed by atoms with Crippen LogP contribution in [0.25, 0.3) is 11.8 Å². The minimum Gasteiger partial charge on any atom is -0.295 e. The molecule has 0 aromatic carbocycles. The van der Waals surface area contributed by atoms with E-state index in [4.69, 9.17) is 0 Å². The monoisotopic (exact) mass is 332 g/mol. The molecule has 112 valence electrons. The number of allylic oxidation sites excluding steroid dienone is 1. The number of hydrogen-bond acceptors (Lipinski definition) is 7. The Labute approximate surface area is 134 Å². The van der Waals surface area contributed by atoms with E-state index in [-0.39, 0.29) is 11.3 Å². The van der Waals surface area contributed by atoms with Crippen LogP contribution in [0.2, 0.25) is 0 Å². The summed E-state index contributed by atoms with van der Waals surface area (Å²) in [6.45, 7) is 1.98. The summed E-state index contributed by atoms with van der Waals surface area (Å²) in [4.78, 5) is 19.1. The molecule has 1 atom stereocenters. The lowest BCUT2D eigenvalue weighted by Gasteiger charge is -2.44. The van der Waals surface area contributed by atoms with Gasteiger partial charge in [-0.05, 0) is 23.8 Å². The first kappa shape index (κ1) is 13.6. The number of rotatable bonds is 3. The molecule has 2 aliphatic heterocycles. The van der Waals surface area contributed by atoms with E-state index in [2.05, 4.69) is 25.6 Å². The average molecular weight is 332 g/mol. The molecular formula is C13H12N6OS2. The SMILES string of the molecule is Cc1ncsc1/C=C\C1=C(c2nn[nH]n2)N2C(=O)C[C@H]2SC1.